The van der Waals surface area contributed by atoms with Crippen LogP contribution in [0.4, 0.5) is 15.9 Å². The zero-order chi connectivity index (χ0) is 24.4. The van der Waals surface area contributed by atoms with Gasteiger partial charge in [-0.05, 0) is 37.6 Å². The largest absolute Gasteiger partial charge is 0.338 e. The van der Waals surface area contributed by atoms with Crippen molar-refractivity contribution in [3.8, 4) is 0 Å². The number of rotatable bonds is 8. The van der Waals surface area contributed by atoms with Crippen LogP contribution in [0.3, 0.4) is 0 Å². The van der Waals surface area contributed by atoms with Gasteiger partial charge in [0.2, 0.25) is 0 Å². The predicted octanol–water partition coefficient (Wildman–Crippen LogP) is 5.35. The molecule has 4 rings (SSSR count). The molecule has 0 aromatic carbocycles. The number of nitrogens with one attached hydrogen (secondary N) is 3. The van der Waals surface area contributed by atoms with Gasteiger partial charge >= 0.3 is 0 Å². The molecule has 1 aliphatic rings. The van der Waals surface area contributed by atoms with Gasteiger partial charge in [0.25, 0.3) is 5.56 Å². The number of hydrogen-bond donors (Lipinski definition) is 3. The summed E-state index contributed by atoms with van der Waals surface area (Å²) in [6.07, 6.45) is 3.58. The van der Waals surface area contributed by atoms with Gasteiger partial charge in [-0.3, -0.25) is 14.8 Å². The summed E-state index contributed by atoms with van der Waals surface area (Å²) in [5.41, 5.74) is 2.85. The summed E-state index contributed by atoms with van der Waals surface area (Å²) >= 11 is 6.17. The third-order valence-corrected chi connectivity index (χ3v) is 6.37. The van der Waals surface area contributed by atoms with E-state index in [0.29, 0.717) is 40.8 Å². The Hall–Kier alpha value is -3.04. The van der Waals surface area contributed by atoms with Gasteiger partial charge in [-0.1, -0.05) is 39.3 Å². The lowest BCUT2D eigenvalue weighted by Gasteiger charge is -2.19. The van der Waals surface area contributed by atoms with Crippen LogP contribution in [0.5, 0.6) is 0 Å². The zero-order valence-electron chi connectivity index (χ0n) is 19.8. The number of nitrogens with zero attached hydrogens (tertiary/aromatic N) is 4. The molecule has 8 nitrogen and oxygen atoms in total. The molecule has 10 heteroatoms. The van der Waals surface area contributed by atoms with E-state index >= 15 is 0 Å². The van der Waals surface area contributed by atoms with E-state index in [2.05, 4.69) is 49.2 Å². The maximum Gasteiger partial charge on any atom is 0.256 e. The van der Waals surface area contributed by atoms with Crippen LogP contribution in [0.2, 0.25) is 0 Å². The standard InChI is InChI=1S/C24H29ClFN7O/c1-5-33(6-2)11-19-20-22(27-12-28-23(20)32-31-19)29-18-10-16(24(34)30-21(18)13(3)4)15-9-14(25)7-8-17(15)26/h9-10,12-13H,5-8,11H2,1-4H3,(H,30,34)(H2,27,28,29,31,32). The topological polar surface area (TPSA) is 103 Å². The number of aromatic amines is 2. The lowest BCUT2D eigenvalue weighted by molar-refractivity contribution is 0.293. The summed E-state index contributed by atoms with van der Waals surface area (Å²) in [6.45, 7) is 10.6. The lowest BCUT2D eigenvalue weighted by atomic mass is 9.97. The van der Waals surface area contributed by atoms with Crippen LogP contribution in [0, 0.1) is 0 Å². The van der Waals surface area contributed by atoms with Crippen molar-refractivity contribution in [3.63, 3.8) is 0 Å². The number of allylic oxidation sites excluding steroid dienone is 4. The Morgan fingerprint density at radius 1 is 1.24 bits per heavy atom. The highest BCUT2D eigenvalue weighted by Crippen LogP contribution is 2.35. The summed E-state index contributed by atoms with van der Waals surface area (Å²) in [5, 5.41) is 12.1. The molecule has 180 valence electrons. The van der Waals surface area contributed by atoms with Crippen molar-refractivity contribution in [3.05, 3.63) is 56.6 Å². The number of anilines is 2. The molecule has 0 unspecified atom stereocenters. The third kappa shape index (κ3) is 4.76. The second kappa shape index (κ2) is 10.1. The molecule has 34 heavy (non-hydrogen) atoms. The van der Waals surface area contributed by atoms with Crippen molar-refractivity contribution in [2.75, 3.05) is 18.4 Å². The molecule has 1 aliphatic carbocycles. The average molecular weight is 486 g/mol. The van der Waals surface area contributed by atoms with Gasteiger partial charge in [-0.2, -0.15) is 5.10 Å². The van der Waals surface area contributed by atoms with Crippen molar-refractivity contribution in [2.24, 2.45) is 0 Å². The van der Waals surface area contributed by atoms with Crippen molar-refractivity contribution in [1.29, 1.82) is 0 Å². The molecule has 3 aromatic rings. The molecular weight excluding hydrogens is 457 g/mol. The number of H-pyrrole nitrogens is 2. The fourth-order valence-corrected chi connectivity index (χ4v) is 4.32. The van der Waals surface area contributed by atoms with Crippen LogP contribution in [-0.2, 0) is 6.54 Å². The predicted molar refractivity (Wildman–Crippen MR) is 134 cm³/mol. The molecule has 3 N–H and O–H groups in total. The van der Waals surface area contributed by atoms with Crippen molar-refractivity contribution < 1.29 is 4.39 Å². The van der Waals surface area contributed by atoms with E-state index in [1.165, 1.54) is 12.4 Å². The van der Waals surface area contributed by atoms with Crippen LogP contribution in [-0.4, -0.2) is 43.1 Å². The molecule has 0 atom stereocenters. The SMILES string of the molecule is CCN(CC)Cc1[nH]nc2ncnc(Nc3cc(C4=C(F)CCC(Cl)=C4)c(=O)[nH]c3C(C)C)c12. The number of aromatic nitrogens is 5. The first-order valence-corrected chi connectivity index (χ1v) is 11.9. The number of halogens is 2. The van der Waals surface area contributed by atoms with Gasteiger partial charge in [-0.15, -0.1) is 0 Å². The van der Waals surface area contributed by atoms with E-state index in [9.17, 15) is 9.18 Å². The van der Waals surface area contributed by atoms with E-state index in [-0.39, 0.29) is 34.9 Å². The second-order valence-electron chi connectivity index (χ2n) is 8.61. The first-order valence-electron chi connectivity index (χ1n) is 11.5. The Morgan fingerprint density at radius 2 is 2.00 bits per heavy atom. The van der Waals surface area contributed by atoms with Crippen LogP contribution in [0.25, 0.3) is 16.6 Å². The molecule has 0 saturated carbocycles. The summed E-state index contributed by atoms with van der Waals surface area (Å²) in [6, 6.07) is 1.67. The molecule has 0 fully saturated rings. The van der Waals surface area contributed by atoms with Gasteiger partial charge in [0.15, 0.2) is 5.65 Å². The summed E-state index contributed by atoms with van der Waals surface area (Å²) in [5.74, 6) is 0.219. The van der Waals surface area contributed by atoms with Crippen LogP contribution in [0.1, 0.15) is 63.4 Å². The normalized spacial score (nSPS) is 14.4. The molecule has 3 heterocycles. The minimum atomic E-state index is -0.361. The quantitative estimate of drug-likeness (QED) is 0.397. The first kappa shape index (κ1) is 24.1. The molecule has 0 aliphatic heterocycles. The van der Waals surface area contributed by atoms with E-state index in [4.69, 9.17) is 11.6 Å². The molecule has 0 bridgehead atoms. The maximum absolute atomic E-state index is 14.7. The van der Waals surface area contributed by atoms with Crippen molar-refractivity contribution in [2.45, 2.75) is 53.0 Å². The van der Waals surface area contributed by atoms with Crippen LogP contribution in [0.15, 0.2) is 34.1 Å². The molecule has 3 aromatic heterocycles. The lowest BCUT2D eigenvalue weighted by Crippen LogP contribution is -2.22. The monoisotopic (exact) mass is 485 g/mol. The second-order valence-corrected chi connectivity index (χ2v) is 9.10. The fraction of sp³-hybridized carbons (Fsp3) is 0.417. The van der Waals surface area contributed by atoms with E-state index < -0.39 is 0 Å². The maximum atomic E-state index is 14.7. The van der Waals surface area contributed by atoms with Crippen LogP contribution < -0.4 is 10.9 Å². The molecule has 0 amide bonds. The van der Waals surface area contributed by atoms with Gasteiger partial charge in [0.1, 0.15) is 18.0 Å². The highest BCUT2D eigenvalue weighted by atomic mass is 35.5. The number of hydrogen-bond acceptors (Lipinski definition) is 6. The van der Waals surface area contributed by atoms with Gasteiger partial charge < -0.3 is 10.3 Å². The minimum absolute atomic E-state index is 0.00499. The minimum Gasteiger partial charge on any atom is -0.338 e. The van der Waals surface area contributed by atoms with Crippen LogP contribution >= 0.6 is 11.6 Å². The first-order chi connectivity index (χ1) is 16.3. The molecule has 0 saturated heterocycles. The van der Waals surface area contributed by atoms with Gasteiger partial charge in [0.05, 0.1) is 22.3 Å². The van der Waals surface area contributed by atoms with E-state index in [1.807, 2.05) is 13.8 Å². The fourth-order valence-electron chi connectivity index (χ4n) is 4.12. The third-order valence-electron chi connectivity index (χ3n) is 6.07. The molecular formula is C24H29ClFN7O. The van der Waals surface area contributed by atoms with E-state index in [0.717, 1.165) is 24.2 Å². The van der Waals surface area contributed by atoms with Gasteiger partial charge in [0, 0.05) is 29.3 Å². The Morgan fingerprint density at radius 3 is 2.71 bits per heavy atom. The van der Waals surface area contributed by atoms with Crippen molar-refractivity contribution in [1.82, 2.24) is 30.0 Å². The number of pyridine rings is 1. The molecule has 0 radical (unpaired) electrons. The Bertz CT molecular complexity index is 1320. The van der Waals surface area contributed by atoms with Crippen molar-refractivity contribution >= 4 is 39.7 Å². The Labute approximate surface area is 202 Å². The smallest absolute Gasteiger partial charge is 0.256 e. The van der Waals surface area contributed by atoms with E-state index in [1.54, 1.807) is 6.07 Å². The average Bonchev–Trinajstić information content (AvgIpc) is 3.23. The highest BCUT2D eigenvalue weighted by Gasteiger charge is 2.21. The number of fused-ring (bicyclic) bond motifs is 1. The Balaban J connectivity index is 1.83. The van der Waals surface area contributed by atoms with Gasteiger partial charge in [-0.25, -0.2) is 14.4 Å². The summed E-state index contributed by atoms with van der Waals surface area (Å²) in [7, 11) is 0. The zero-order valence-corrected chi connectivity index (χ0v) is 20.6. The summed E-state index contributed by atoms with van der Waals surface area (Å²) < 4.78 is 14.7. The molecule has 0 spiro atoms. The summed E-state index contributed by atoms with van der Waals surface area (Å²) in [4.78, 5) is 26.9. The highest BCUT2D eigenvalue weighted by molar-refractivity contribution is 6.30. The Kier molecular flexibility index (Phi) is 7.13.